The highest BCUT2D eigenvalue weighted by Crippen LogP contribution is 2.25. The van der Waals surface area contributed by atoms with E-state index in [-0.39, 0.29) is 6.10 Å². The van der Waals surface area contributed by atoms with Crippen LogP contribution in [-0.4, -0.2) is 34.8 Å². The minimum atomic E-state index is -0.142. The fourth-order valence-corrected chi connectivity index (χ4v) is 2.28. The number of nitrogens with zero attached hydrogens (tertiary/aromatic N) is 2. The second kappa shape index (κ2) is 5.97. The molecule has 0 bridgehead atoms. The van der Waals surface area contributed by atoms with Gasteiger partial charge in [0.15, 0.2) is 5.82 Å². The van der Waals surface area contributed by atoms with Gasteiger partial charge in [-0.1, -0.05) is 0 Å². The van der Waals surface area contributed by atoms with E-state index >= 15 is 0 Å². The topological polar surface area (TPSA) is 93.3 Å². The number of ether oxygens (including phenoxy) is 1. The molecular weight excluding hydrogens is 232 g/mol. The van der Waals surface area contributed by atoms with E-state index in [9.17, 15) is 5.11 Å². The van der Waals surface area contributed by atoms with Crippen LogP contribution in [0.25, 0.3) is 0 Å². The van der Waals surface area contributed by atoms with Gasteiger partial charge >= 0.3 is 0 Å². The zero-order chi connectivity index (χ0) is 13.0. The predicted octanol–water partition coefficient (Wildman–Crippen LogP) is 0.778. The van der Waals surface area contributed by atoms with E-state index in [4.69, 9.17) is 10.5 Å². The maximum atomic E-state index is 9.47. The van der Waals surface area contributed by atoms with Crippen LogP contribution in [0.4, 0.5) is 11.6 Å². The summed E-state index contributed by atoms with van der Waals surface area (Å²) in [4.78, 5) is 8.39. The van der Waals surface area contributed by atoms with E-state index in [0.717, 1.165) is 31.6 Å². The summed E-state index contributed by atoms with van der Waals surface area (Å²) in [6.45, 7) is 1.15. The van der Waals surface area contributed by atoms with Crippen molar-refractivity contribution in [3.63, 3.8) is 0 Å². The lowest BCUT2D eigenvalue weighted by Gasteiger charge is -2.12. The van der Waals surface area contributed by atoms with Gasteiger partial charge in [-0.15, -0.1) is 0 Å². The van der Waals surface area contributed by atoms with Crippen LogP contribution >= 0.6 is 0 Å². The van der Waals surface area contributed by atoms with Crippen LogP contribution in [0.15, 0.2) is 6.07 Å². The molecule has 0 radical (unpaired) electrons. The summed E-state index contributed by atoms with van der Waals surface area (Å²) in [6.07, 6.45) is 2.67. The summed E-state index contributed by atoms with van der Waals surface area (Å²) >= 11 is 0. The fraction of sp³-hybridized carbons (Fsp3) is 0.667. The summed E-state index contributed by atoms with van der Waals surface area (Å²) < 4.78 is 4.99. The molecule has 2 atom stereocenters. The van der Waals surface area contributed by atoms with E-state index in [1.54, 1.807) is 13.2 Å². The Morgan fingerprint density at radius 3 is 3.00 bits per heavy atom. The number of aliphatic hydroxyl groups is 1. The maximum absolute atomic E-state index is 9.47. The number of aliphatic hydroxyl groups excluding tert-OH is 1. The molecule has 1 heterocycles. The zero-order valence-electron chi connectivity index (χ0n) is 10.6. The first-order chi connectivity index (χ1) is 8.67. The van der Waals surface area contributed by atoms with E-state index < -0.39 is 0 Å². The van der Waals surface area contributed by atoms with Crippen LogP contribution in [0.5, 0.6) is 0 Å². The molecule has 100 valence electrons. The molecule has 1 aliphatic rings. The standard InChI is InChI=1S/C12H20N4O2/c1-18-7-12-15-10(13)5-11(16-12)14-6-8-2-3-9(17)4-8/h5,8-9,17H,2-4,6-7H2,1H3,(H3,13,14,15,16). The Balaban J connectivity index is 1.92. The number of anilines is 2. The highest BCUT2D eigenvalue weighted by molar-refractivity contribution is 5.44. The van der Waals surface area contributed by atoms with Crippen molar-refractivity contribution in [2.24, 2.45) is 5.92 Å². The van der Waals surface area contributed by atoms with Crippen molar-refractivity contribution >= 4 is 11.6 Å². The minimum absolute atomic E-state index is 0.142. The molecule has 4 N–H and O–H groups in total. The Morgan fingerprint density at radius 1 is 1.50 bits per heavy atom. The highest BCUT2D eigenvalue weighted by atomic mass is 16.5. The van der Waals surface area contributed by atoms with Crippen LogP contribution in [-0.2, 0) is 11.3 Å². The Kier molecular flexibility index (Phi) is 4.33. The SMILES string of the molecule is COCc1nc(N)cc(NCC2CCC(O)C2)n1. The summed E-state index contributed by atoms with van der Waals surface area (Å²) in [5.41, 5.74) is 5.71. The van der Waals surface area contributed by atoms with Crippen LogP contribution in [0.3, 0.4) is 0 Å². The van der Waals surface area contributed by atoms with Crippen molar-refractivity contribution < 1.29 is 9.84 Å². The molecule has 0 amide bonds. The number of hydrogen-bond acceptors (Lipinski definition) is 6. The lowest BCUT2D eigenvalue weighted by atomic mass is 10.1. The Labute approximate surface area is 107 Å². The number of rotatable bonds is 5. The third kappa shape index (κ3) is 3.54. The quantitative estimate of drug-likeness (QED) is 0.717. The molecule has 18 heavy (non-hydrogen) atoms. The molecule has 0 spiro atoms. The molecule has 2 rings (SSSR count). The third-order valence-electron chi connectivity index (χ3n) is 3.15. The largest absolute Gasteiger partial charge is 0.393 e. The van der Waals surface area contributed by atoms with Crippen molar-refractivity contribution in [2.75, 3.05) is 24.7 Å². The van der Waals surface area contributed by atoms with Crippen molar-refractivity contribution in [1.29, 1.82) is 0 Å². The second-order valence-electron chi connectivity index (χ2n) is 4.74. The van der Waals surface area contributed by atoms with Gasteiger partial charge in [-0.3, -0.25) is 0 Å². The number of methoxy groups -OCH3 is 1. The fourth-order valence-electron chi connectivity index (χ4n) is 2.28. The first-order valence-electron chi connectivity index (χ1n) is 6.21. The van der Waals surface area contributed by atoms with E-state index in [0.29, 0.717) is 24.2 Å². The molecule has 1 aromatic rings. The monoisotopic (exact) mass is 252 g/mol. The third-order valence-corrected chi connectivity index (χ3v) is 3.15. The van der Waals surface area contributed by atoms with Gasteiger partial charge in [-0.25, -0.2) is 9.97 Å². The van der Waals surface area contributed by atoms with Gasteiger partial charge in [0.05, 0.1) is 6.10 Å². The Hall–Kier alpha value is -1.40. The molecule has 2 unspecified atom stereocenters. The highest BCUT2D eigenvalue weighted by Gasteiger charge is 2.22. The van der Waals surface area contributed by atoms with Crippen LogP contribution in [0.2, 0.25) is 0 Å². The summed E-state index contributed by atoms with van der Waals surface area (Å²) in [5, 5.41) is 12.7. The van der Waals surface area contributed by atoms with Crippen molar-refractivity contribution in [3.8, 4) is 0 Å². The van der Waals surface area contributed by atoms with Gasteiger partial charge < -0.3 is 20.9 Å². The van der Waals surface area contributed by atoms with Crippen molar-refractivity contribution in [3.05, 3.63) is 11.9 Å². The van der Waals surface area contributed by atoms with Crippen molar-refractivity contribution in [1.82, 2.24) is 9.97 Å². The molecule has 0 aromatic carbocycles. The van der Waals surface area contributed by atoms with Gasteiger partial charge in [0.1, 0.15) is 18.2 Å². The van der Waals surface area contributed by atoms with Gasteiger partial charge in [0, 0.05) is 19.7 Å². The zero-order valence-corrected chi connectivity index (χ0v) is 10.6. The molecule has 6 heteroatoms. The molecule has 0 saturated heterocycles. The van der Waals surface area contributed by atoms with Crippen molar-refractivity contribution in [2.45, 2.75) is 32.0 Å². The lowest BCUT2D eigenvalue weighted by Crippen LogP contribution is -2.14. The molecule has 1 aliphatic carbocycles. The van der Waals surface area contributed by atoms with E-state index in [2.05, 4.69) is 15.3 Å². The number of nitrogens with one attached hydrogen (secondary N) is 1. The van der Waals surface area contributed by atoms with Gasteiger partial charge in [-0.2, -0.15) is 0 Å². The lowest BCUT2D eigenvalue weighted by molar-refractivity contribution is 0.178. The molecule has 1 saturated carbocycles. The van der Waals surface area contributed by atoms with Gasteiger partial charge in [0.2, 0.25) is 0 Å². The molecule has 0 aliphatic heterocycles. The number of aromatic nitrogens is 2. The normalized spacial score (nSPS) is 23.2. The second-order valence-corrected chi connectivity index (χ2v) is 4.74. The molecular formula is C12H20N4O2. The maximum Gasteiger partial charge on any atom is 0.158 e. The van der Waals surface area contributed by atoms with Gasteiger partial charge in [0.25, 0.3) is 0 Å². The average Bonchev–Trinajstić information content (AvgIpc) is 2.72. The van der Waals surface area contributed by atoms with Crippen LogP contribution in [0.1, 0.15) is 25.1 Å². The smallest absolute Gasteiger partial charge is 0.158 e. The minimum Gasteiger partial charge on any atom is -0.393 e. The predicted molar refractivity (Wildman–Crippen MR) is 69.0 cm³/mol. The van der Waals surface area contributed by atoms with E-state index in [1.165, 1.54) is 0 Å². The first kappa shape index (κ1) is 13.0. The van der Waals surface area contributed by atoms with Crippen LogP contribution < -0.4 is 11.1 Å². The Morgan fingerprint density at radius 2 is 2.33 bits per heavy atom. The van der Waals surface area contributed by atoms with E-state index in [1.807, 2.05) is 0 Å². The molecule has 6 nitrogen and oxygen atoms in total. The number of nitrogens with two attached hydrogens (primary N) is 1. The average molecular weight is 252 g/mol. The molecule has 1 fully saturated rings. The Bertz CT molecular complexity index is 400. The van der Waals surface area contributed by atoms with Gasteiger partial charge in [-0.05, 0) is 25.2 Å². The number of hydrogen-bond donors (Lipinski definition) is 3. The number of nitrogen functional groups attached to an aromatic ring is 1. The summed E-state index contributed by atoms with van der Waals surface area (Å²) in [5.74, 6) is 2.23. The van der Waals surface area contributed by atoms with Crippen LogP contribution in [0, 0.1) is 5.92 Å². The summed E-state index contributed by atoms with van der Waals surface area (Å²) in [7, 11) is 1.60. The first-order valence-corrected chi connectivity index (χ1v) is 6.21. The molecule has 1 aromatic heterocycles. The summed E-state index contributed by atoms with van der Waals surface area (Å²) in [6, 6.07) is 1.71.